The SMILES string of the molecule is CCCCCCC(=O)CCC(C#N)[C@H]1CC[C@H]([C@H]2CC[C@H](CCCCC)CC2)CC1. The van der Waals surface area contributed by atoms with Gasteiger partial charge in [-0.3, -0.25) is 4.79 Å². The van der Waals surface area contributed by atoms with Crippen LogP contribution in [0.1, 0.15) is 136 Å². The van der Waals surface area contributed by atoms with E-state index < -0.39 is 0 Å². The average molecular weight is 416 g/mol. The first-order valence-electron chi connectivity index (χ1n) is 13.6. The molecule has 1 unspecified atom stereocenters. The number of ketones is 1. The molecule has 0 aromatic carbocycles. The van der Waals surface area contributed by atoms with Crippen LogP contribution < -0.4 is 0 Å². The summed E-state index contributed by atoms with van der Waals surface area (Å²) in [6.45, 7) is 4.50. The fraction of sp³-hybridized carbons (Fsp3) is 0.929. The number of rotatable bonds is 14. The largest absolute Gasteiger partial charge is 0.300 e. The average Bonchev–Trinajstić information content (AvgIpc) is 2.78. The highest BCUT2D eigenvalue weighted by Crippen LogP contribution is 2.44. The molecule has 0 saturated heterocycles. The smallest absolute Gasteiger partial charge is 0.132 e. The second kappa shape index (κ2) is 15.0. The molecule has 1 atom stereocenters. The highest BCUT2D eigenvalue weighted by molar-refractivity contribution is 5.78. The molecular formula is C28H49NO. The Hall–Kier alpha value is -0.840. The molecule has 0 bridgehead atoms. The van der Waals surface area contributed by atoms with Gasteiger partial charge in [-0.05, 0) is 75.0 Å². The molecule has 30 heavy (non-hydrogen) atoms. The van der Waals surface area contributed by atoms with E-state index in [-0.39, 0.29) is 5.92 Å². The summed E-state index contributed by atoms with van der Waals surface area (Å²) in [6, 6.07) is 2.58. The van der Waals surface area contributed by atoms with E-state index in [1.807, 2.05) is 0 Å². The Kier molecular flexibility index (Phi) is 12.7. The van der Waals surface area contributed by atoms with Crippen molar-refractivity contribution in [3.05, 3.63) is 0 Å². The Morgan fingerprint density at radius 3 is 2.00 bits per heavy atom. The molecule has 2 rings (SSSR count). The molecule has 2 fully saturated rings. The maximum atomic E-state index is 12.2. The van der Waals surface area contributed by atoms with Crippen molar-refractivity contribution in [2.45, 2.75) is 136 Å². The van der Waals surface area contributed by atoms with Gasteiger partial charge in [0.15, 0.2) is 0 Å². The molecule has 172 valence electrons. The zero-order chi connectivity index (χ0) is 21.6. The zero-order valence-corrected chi connectivity index (χ0v) is 20.2. The van der Waals surface area contributed by atoms with Crippen molar-refractivity contribution in [3.63, 3.8) is 0 Å². The standard InChI is InChI=1S/C28H49NO/c1-3-5-7-9-11-28(30)21-20-27(22-29)26-18-16-25(17-19-26)24-14-12-23(13-15-24)10-8-6-4-2/h23-27H,3-21H2,1-2H3/t23-,24-,25-,26-,27?. The van der Waals surface area contributed by atoms with E-state index in [1.54, 1.807) is 0 Å². The van der Waals surface area contributed by atoms with E-state index >= 15 is 0 Å². The number of Topliss-reactive ketones (excluding diaryl/α,β-unsaturated/α-hetero) is 1. The fourth-order valence-electron chi connectivity index (χ4n) is 6.25. The molecule has 0 aromatic heterocycles. The normalized spacial score (nSPS) is 28.0. The van der Waals surface area contributed by atoms with Gasteiger partial charge in [-0.25, -0.2) is 0 Å². The van der Waals surface area contributed by atoms with Gasteiger partial charge in [0, 0.05) is 18.8 Å². The van der Waals surface area contributed by atoms with Crippen LogP contribution in [0.15, 0.2) is 0 Å². The van der Waals surface area contributed by atoms with Crippen LogP contribution in [-0.4, -0.2) is 5.78 Å². The highest BCUT2D eigenvalue weighted by Gasteiger charge is 2.33. The Morgan fingerprint density at radius 2 is 1.40 bits per heavy atom. The number of nitriles is 1. The molecule has 2 aliphatic carbocycles. The summed E-state index contributed by atoms with van der Waals surface area (Å²) in [6.07, 6.45) is 23.5. The lowest BCUT2D eigenvalue weighted by molar-refractivity contribution is -0.119. The summed E-state index contributed by atoms with van der Waals surface area (Å²) in [5.41, 5.74) is 0. The van der Waals surface area contributed by atoms with E-state index in [1.165, 1.54) is 96.3 Å². The van der Waals surface area contributed by atoms with Crippen LogP contribution in [0.25, 0.3) is 0 Å². The minimum Gasteiger partial charge on any atom is -0.300 e. The predicted molar refractivity (Wildman–Crippen MR) is 127 cm³/mol. The molecule has 0 aromatic rings. The molecule has 2 nitrogen and oxygen atoms in total. The van der Waals surface area contributed by atoms with Gasteiger partial charge in [0.2, 0.25) is 0 Å². The first-order chi connectivity index (χ1) is 14.7. The zero-order valence-electron chi connectivity index (χ0n) is 20.2. The lowest BCUT2D eigenvalue weighted by Crippen LogP contribution is -2.28. The number of unbranched alkanes of at least 4 members (excludes halogenated alkanes) is 5. The van der Waals surface area contributed by atoms with Gasteiger partial charge in [-0.1, -0.05) is 71.6 Å². The summed E-state index contributed by atoms with van der Waals surface area (Å²) in [5.74, 6) is 3.92. The van der Waals surface area contributed by atoms with Gasteiger partial charge in [0.25, 0.3) is 0 Å². The number of nitrogens with zero attached hydrogens (tertiary/aromatic N) is 1. The Balaban J connectivity index is 1.63. The molecule has 2 aliphatic rings. The number of carbonyl (C=O) groups excluding carboxylic acids is 1. The van der Waals surface area contributed by atoms with Gasteiger partial charge in [-0.2, -0.15) is 5.26 Å². The van der Waals surface area contributed by atoms with Crippen molar-refractivity contribution >= 4 is 5.78 Å². The lowest BCUT2D eigenvalue weighted by atomic mass is 9.66. The summed E-state index contributed by atoms with van der Waals surface area (Å²) in [5, 5.41) is 9.71. The molecule has 0 spiro atoms. The third kappa shape index (κ3) is 9.11. The Labute approximate surface area is 187 Å². The summed E-state index contributed by atoms with van der Waals surface area (Å²) >= 11 is 0. The van der Waals surface area contributed by atoms with Crippen molar-refractivity contribution in [1.29, 1.82) is 5.26 Å². The Bertz CT molecular complexity index is 491. The van der Waals surface area contributed by atoms with Gasteiger partial charge in [-0.15, -0.1) is 0 Å². The van der Waals surface area contributed by atoms with Gasteiger partial charge in [0.05, 0.1) is 6.07 Å². The van der Waals surface area contributed by atoms with Crippen molar-refractivity contribution in [3.8, 4) is 6.07 Å². The molecule has 2 heteroatoms. The van der Waals surface area contributed by atoms with Crippen molar-refractivity contribution < 1.29 is 4.79 Å². The molecular weight excluding hydrogens is 366 g/mol. The predicted octanol–water partition coefficient (Wildman–Crippen LogP) is 8.64. The van der Waals surface area contributed by atoms with Crippen LogP contribution in [0.3, 0.4) is 0 Å². The van der Waals surface area contributed by atoms with Gasteiger partial charge >= 0.3 is 0 Å². The first kappa shape index (κ1) is 25.4. The van der Waals surface area contributed by atoms with Crippen LogP contribution in [0.5, 0.6) is 0 Å². The third-order valence-corrected chi connectivity index (χ3v) is 8.37. The fourth-order valence-corrected chi connectivity index (χ4v) is 6.25. The molecule has 2 saturated carbocycles. The quantitative estimate of drug-likeness (QED) is 0.266. The maximum Gasteiger partial charge on any atom is 0.132 e. The van der Waals surface area contributed by atoms with Crippen LogP contribution in [0, 0.1) is 40.9 Å². The molecule has 0 N–H and O–H groups in total. The molecule has 0 heterocycles. The Morgan fingerprint density at radius 1 is 0.800 bits per heavy atom. The number of carbonyl (C=O) groups is 1. The summed E-state index contributed by atoms with van der Waals surface area (Å²) < 4.78 is 0. The summed E-state index contributed by atoms with van der Waals surface area (Å²) in [4.78, 5) is 12.2. The molecule has 0 aliphatic heterocycles. The second-order valence-corrected chi connectivity index (χ2v) is 10.6. The maximum absolute atomic E-state index is 12.2. The minimum absolute atomic E-state index is 0.111. The van der Waals surface area contributed by atoms with E-state index in [9.17, 15) is 10.1 Å². The van der Waals surface area contributed by atoms with E-state index in [0.29, 0.717) is 18.1 Å². The molecule has 0 radical (unpaired) electrons. The highest BCUT2D eigenvalue weighted by atomic mass is 16.1. The van der Waals surface area contributed by atoms with Crippen LogP contribution in [-0.2, 0) is 4.79 Å². The number of hydrogen-bond donors (Lipinski definition) is 0. The van der Waals surface area contributed by atoms with Gasteiger partial charge < -0.3 is 0 Å². The second-order valence-electron chi connectivity index (χ2n) is 10.6. The number of hydrogen-bond acceptors (Lipinski definition) is 2. The molecule has 0 amide bonds. The summed E-state index contributed by atoms with van der Waals surface area (Å²) in [7, 11) is 0. The van der Waals surface area contributed by atoms with Crippen LogP contribution in [0.2, 0.25) is 0 Å². The van der Waals surface area contributed by atoms with E-state index in [4.69, 9.17) is 0 Å². The van der Waals surface area contributed by atoms with E-state index in [2.05, 4.69) is 19.9 Å². The van der Waals surface area contributed by atoms with E-state index in [0.717, 1.165) is 37.0 Å². The first-order valence-corrected chi connectivity index (χ1v) is 13.6. The van der Waals surface area contributed by atoms with Gasteiger partial charge in [0.1, 0.15) is 5.78 Å². The minimum atomic E-state index is 0.111. The van der Waals surface area contributed by atoms with Crippen molar-refractivity contribution in [1.82, 2.24) is 0 Å². The van der Waals surface area contributed by atoms with Crippen LogP contribution in [0.4, 0.5) is 0 Å². The topological polar surface area (TPSA) is 40.9 Å². The third-order valence-electron chi connectivity index (χ3n) is 8.37. The van der Waals surface area contributed by atoms with Crippen molar-refractivity contribution in [2.24, 2.45) is 29.6 Å². The lowest BCUT2D eigenvalue weighted by Gasteiger charge is -2.38. The monoisotopic (exact) mass is 415 g/mol. The van der Waals surface area contributed by atoms with Crippen LogP contribution >= 0.6 is 0 Å². The van der Waals surface area contributed by atoms with Crippen molar-refractivity contribution in [2.75, 3.05) is 0 Å².